The summed E-state index contributed by atoms with van der Waals surface area (Å²) in [6.07, 6.45) is 0. The second kappa shape index (κ2) is 6.51. The van der Waals surface area contributed by atoms with Crippen LogP contribution in [0.2, 0.25) is 0 Å². The molecule has 0 aromatic heterocycles. The van der Waals surface area contributed by atoms with Gasteiger partial charge in [-0.1, -0.05) is 30.3 Å². The number of carbonyl (C=O) groups excluding carboxylic acids is 1. The van der Waals surface area contributed by atoms with Crippen molar-refractivity contribution in [1.29, 1.82) is 0 Å². The van der Waals surface area contributed by atoms with Gasteiger partial charge in [0, 0.05) is 25.2 Å². The lowest BCUT2D eigenvalue weighted by atomic mass is 10.1. The molecule has 0 unspecified atom stereocenters. The fraction of sp³-hybridized carbons (Fsp3) is 0.133. The van der Waals surface area contributed by atoms with Crippen molar-refractivity contribution in [3.8, 4) is 0 Å². The summed E-state index contributed by atoms with van der Waals surface area (Å²) in [6, 6.07) is 13.9. The van der Waals surface area contributed by atoms with E-state index in [-0.39, 0.29) is 17.2 Å². The van der Waals surface area contributed by atoms with Crippen LogP contribution in [0.5, 0.6) is 0 Å². The van der Waals surface area contributed by atoms with Crippen LogP contribution in [0, 0.1) is 10.1 Å². The zero-order valence-corrected chi connectivity index (χ0v) is 11.5. The Kier molecular flexibility index (Phi) is 4.50. The maximum Gasteiger partial charge on any atom is 0.293 e. The minimum atomic E-state index is -0.500. The average molecular weight is 285 g/mol. The summed E-state index contributed by atoms with van der Waals surface area (Å²) in [5.41, 5.74) is 1.54. The van der Waals surface area contributed by atoms with Gasteiger partial charge in [0.05, 0.1) is 4.92 Å². The first kappa shape index (κ1) is 14.5. The zero-order valence-electron chi connectivity index (χ0n) is 11.5. The molecule has 2 rings (SSSR count). The Morgan fingerprint density at radius 2 is 1.90 bits per heavy atom. The van der Waals surface area contributed by atoms with E-state index in [0.29, 0.717) is 12.2 Å². The first-order valence-electron chi connectivity index (χ1n) is 6.40. The van der Waals surface area contributed by atoms with Crippen LogP contribution in [0.25, 0.3) is 0 Å². The summed E-state index contributed by atoms with van der Waals surface area (Å²) in [4.78, 5) is 22.2. The summed E-state index contributed by atoms with van der Waals surface area (Å²) in [5.74, 6) is -0.354. The van der Waals surface area contributed by atoms with E-state index in [9.17, 15) is 14.9 Å². The van der Waals surface area contributed by atoms with Gasteiger partial charge in [0.25, 0.3) is 11.6 Å². The quantitative estimate of drug-likeness (QED) is 0.653. The van der Waals surface area contributed by atoms with Gasteiger partial charge in [-0.25, -0.2) is 0 Å². The number of rotatable bonds is 5. The minimum Gasteiger partial charge on any atom is -0.375 e. The minimum absolute atomic E-state index is 0.118. The molecule has 2 aromatic rings. The van der Waals surface area contributed by atoms with Gasteiger partial charge < -0.3 is 10.6 Å². The standard InChI is InChI=1S/C15H15N3O3/c1-16-15(19)12-7-8-13(14(9-12)18(20)21)17-10-11-5-3-2-4-6-11/h2-9,17H,10H2,1H3,(H,16,19). The van der Waals surface area contributed by atoms with Crippen molar-refractivity contribution in [3.63, 3.8) is 0 Å². The number of nitrogens with one attached hydrogen (secondary N) is 2. The predicted molar refractivity (Wildman–Crippen MR) is 80.3 cm³/mol. The maximum absolute atomic E-state index is 11.5. The Bertz CT molecular complexity index is 656. The lowest BCUT2D eigenvalue weighted by Crippen LogP contribution is -2.18. The first-order valence-corrected chi connectivity index (χ1v) is 6.40. The number of amides is 1. The SMILES string of the molecule is CNC(=O)c1ccc(NCc2ccccc2)c([N+](=O)[O-])c1. The van der Waals surface area contributed by atoms with Gasteiger partial charge in [-0.15, -0.1) is 0 Å². The molecule has 0 aliphatic rings. The number of benzene rings is 2. The highest BCUT2D eigenvalue weighted by atomic mass is 16.6. The molecule has 0 aliphatic carbocycles. The third-order valence-corrected chi connectivity index (χ3v) is 3.01. The van der Waals surface area contributed by atoms with E-state index in [2.05, 4.69) is 10.6 Å². The van der Waals surface area contributed by atoms with Gasteiger partial charge in [0.15, 0.2) is 0 Å². The Labute approximate surface area is 121 Å². The third-order valence-electron chi connectivity index (χ3n) is 3.01. The Hall–Kier alpha value is -2.89. The van der Waals surface area contributed by atoms with E-state index < -0.39 is 4.92 Å². The molecule has 0 fully saturated rings. The molecule has 2 aromatic carbocycles. The second-order valence-electron chi connectivity index (χ2n) is 4.41. The van der Waals surface area contributed by atoms with Crippen LogP contribution in [0.4, 0.5) is 11.4 Å². The molecule has 0 aliphatic heterocycles. The molecule has 0 spiro atoms. The van der Waals surface area contributed by atoms with Crippen LogP contribution >= 0.6 is 0 Å². The highest BCUT2D eigenvalue weighted by molar-refractivity contribution is 5.95. The van der Waals surface area contributed by atoms with Gasteiger partial charge in [-0.05, 0) is 17.7 Å². The molecule has 21 heavy (non-hydrogen) atoms. The number of nitrogens with zero attached hydrogens (tertiary/aromatic N) is 1. The van der Waals surface area contributed by atoms with E-state index in [1.807, 2.05) is 30.3 Å². The van der Waals surface area contributed by atoms with E-state index in [4.69, 9.17) is 0 Å². The largest absolute Gasteiger partial charge is 0.375 e. The van der Waals surface area contributed by atoms with E-state index >= 15 is 0 Å². The van der Waals surface area contributed by atoms with Crippen molar-refractivity contribution in [2.24, 2.45) is 0 Å². The van der Waals surface area contributed by atoms with Crippen LogP contribution in [-0.2, 0) is 6.54 Å². The van der Waals surface area contributed by atoms with Crippen molar-refractivity contribution >= 4 is 17.3 Å². The summed E-state index contributed by atoms with van der Waals surface area (Å²) < 4.78 is 0. The molecule has 6 heteroatoms. The summed E-state index contributed by atoms with van der Waals surface area (Å²) in [5, 5.41) is 16.6. The van der Waals surface area contributed by atoms with Gasteiger partial charge >= 0.3 is 0 Å². The third kappa shape index (κ3) is 3.56. The van der Waals surface area contributed by atoms with Crippen molar-refractivity contribution < 1.29 is 9.72 Å². The number of hydrogen-bond acceptors (Lipinski definition) is 4. The van der Waals surface area contributed by atoms with Crippen molar-refractivity contribution in [3.05, 3.63) is 69.8 Å². The van der Waals surface area contributed by atoms with Gasteiger partial charge in [0.2, 0.25) is 0 Å². The number of nitro benzene ring substituents is 1. The lowest BCUT2D eigenvalue weighted by molar-refractivity contribution is -0.384. The van der Waals surface area contributed by atoms with E-state index in [0.717, 1.165) is 5.56 Å². The van der Waals surface area contributed by atoms with E-state index in [1.165, 1.54) is 13.1 Å². The first-order chi connectivity index (χ1) is 10.1. The van der Waals surface area contributed by atoms with Crippen LogP contribution in [0.15, 0.2) is 48.5 Å². The molecule has 108 valence electrons. The molecule has 0 saturated heterocycles. The fourth-order valence-electron chi connectivity index (χ4n) is 1.91. The van der Waals surface area contributed by atoms with Crippen molar-refractivity contribution in [2.75, 3.05) is 12.4 Å². The van der Waals surface area contributed by atoms with Crippen molar-refractivity contribution in [1.82, 2.24) is 5.32 Å². The van der Waals surface area contributed by atoms with Crippen LogP contribution in [0.3, 0.4) is 0 Å². The highest BCUT2D eigenvalue weighted by Crippen LogP contribution is 2.26. The molecule has 1 amide bonds. The summed E-state index contributed by atoms with van der Waals surface area (Å²) >= 11 is 0. The van der Waals surface area contributed by atoms with Gasteiger partial charge in [0.1, 0.15) is 5.69 Å². The van der Waals surface area contributed by atoms with Crippen LogP contribution < -0.4 is 10.6 Å². The number of carbonyl (C=O) groups is 1. The Morgan fingerprint density at radius 3 is 2.52 bits per heavy atom. The lowest BCUT2D eigenvalue weighted by Gasteiger charge is -2.08. The van der Waals surface area contributed by atoms with E-state index in [1.54, 1.807) is 12.1 Å². The molecule has 0 bridgehead atoms. The van der Waals surface area contributed by atoms with Crippen LogP contribution in [0.1, 0.15) is 15.9 Å². The average Bonchev–Trinajstić information content (AvgIpc) is 2.52. The predicted octanol–water partition coefficient (Wildman–Crippen LogP) is 2.57. The van der Waals surface area contributed by atoms with Crippen molar-refractivity contribution in [2.45, 2.75) is 6.54 Å². The normalized spacial score (nSPS) is 9.95. The maximum atomic E-state index is 11.5. The molecule has 0 radical (unpaired) electrons. The second-order valence-corrected chi connectivity index (χ2v) is 4.41. The Morgan fingerprint density at radius 1 is 1.19 bits per heavy atom. The van der Waals surface area contributed by atoms with Gasteiger partial charge in [-0.2, -0.15) is 0 Å². The number of nitro groups is 1. The smallest absolute Gasteiger partial charge is 0.293 e. The number of anilines is 1. The molecule has 0 heterocycles. The summed E-state index contributed by atoms with van der Waals surface area (Å²) in [7, 11) is 1.48. The van der Waals surface area contributed by atoms with Crippen LogP contribution in [-0.4, -0.2) is 17.9 Å². The molecule has 2 N–H and O–H groups in total. The zero-order chi connectivity index (χ0) is 15.2. The molecule has 6 nitrogen and oxygen atoms in total. The van der Waals surface area contributed by atoms with Gasteiger partial charge in [-0.3, -0.25) is 14.9 Å². The molecule has 0 atom stereocenters. The monoisotopic (exact) mass is 285 g/mol. The molecular weight excluding hydrogens is 270 g/mol. The topological polar surface area (TPSA) is 84.3 Å². The number of hydrogen-bond donors (Lipinski definition) is 2. The Balaban J connectivity index is 2.22. The summed E-state index contributed by atoms with van der Waals surface area (Å²) in [6.45, 7) is 0.473. The highest BCUT2D eigenvalue weighted by Gasteiger charge is 2.16. The fourth-order valence-corrected chi connectivity index (χ4v) is 1.91. The molecule has 0 saturated carbocycles. The molecular formula is C15H15N3O3.